The van der Waals surface area contributed by atoms with Crippen LogP contribution in [0.4, 0.5) is 0 Å². The molecule has 4 atom stereocenters. The third-order valence-electron chi connectivity index (χ3n) is 6.34. The number of hydrogen-bond donors (Lipinski definition) is 1. The van der Waals surface area contributed by atoms with Crippen molar-refractivity contribution in [2.75, 3.05) is 7.05 Å². The first-order valence-electron chi connectivity index (χ1n) is 9.49. The lowest BCUT2D eigenvalue weighted by Crippen LogP contribution is -2.30. The van der Waals surface area contributed by atoms with E-state index in [2.05, 4.69) is 43.0 Å². The van der Waals surface area contributed by atoms with Gasteiger partial charge in [-0.3, -0.25) is 4.90 Å². The number of rotatable bonds is 4. The minimum absolute atomic E-state index is 0.0491. The molecular weight excluding hydrogens is 310 g/mol. The Kier molecular flexibility index (Phi) is 4.42. The first-order valence-corrected chi connectivity index (χ1v) is 9.49. The fraction of sp³-hybridized carbons (Fsp3) is 0.571. The van der Waals surface area contributed by atoms with E-state index in [9.17, 15) is 5.11 Å². The van der Waals surface area contributed by atoms with Crippen molar-refractivity contribution in [1.82, 2.24) is 14.7 Å². The van der Waals surface area contributed by atoms with Gasteiger partial charge in [0.15, 0.2) is 0 Å². The predicted molar refractivity (Wildman–Crippen MR) is 99.7 cm³/mol. The van der Waals surface area contributed by atoms with Gasteiger partial charge in [0.1, 0.15) is 0 Å². The second-order valence-electron chi connectivity index (χ2n) is 8.22. The molecule has 4 nitrogen and oxygen atoms in total. The van der Waals surface area contributed by atoms with E-state index in [0.29, 0.717) is 6.04 Å². The number of aromatic nitrogens is 2. The van der Waals surface area contributed by atoms with Crippen LogP contribution in [-0.2, 0) is 6.54 Å². The van der Waals surface area contributed by atoms with Gasteiger partial charge in [-0.1, -0.05) is 6.07 Å². The molecule has 0 spiro atoms. The van der Waals surface area contributed by atoms with Crippen LogP contribution in [0.1, 0.15) is 42.4 Å². The fourth-order valence-corrected chi connectivity index (χ4v) is 5.09. The molecule has 2 saturated carbocycles. The van der Waals surface area contributed by atoms with Crippen LogP contribution in [0, 0.1) is 25.7 Å². The summed E-state index contributed by atoms with van der Waals surface area (Å²) in [4.78, 5) is 2.52. The number of nitrogens with zero attached hydrogens (tertiary/aromatic N) is 3. The largest absolute Gasteiger partial charge is 0.393 e. The van der Waals surface area contributed by atoms with E-state index in [1.807, 2.05) is 23.1 Å². The molecule has 0 bridgehead atoms. The summed E-state index contributed by atoms with van der Waals surface area (Å²) < 4.78 is 1.99. The molecule has 1 N–H and O–H groups in total. The Morgan fingerprint density at radius 3 is 2.52 bits per heavy atom. The molecule has 2 aliphatic rings. The minimum atomic E-state index is -0.0491. The fourth-order valence-electron chi connectivity index (χ4n) is 5.09. The lowest BCUT2D eigenvalue weighted by atomic mass is 10.0. The van der Waals surface area contributed by atoms with Gasteiger partial charge in [-0.2, -0.15) is 5.10 Å². The van der Waals surface area contributed by atoms with E-state index >= 15 is 0 Å². The second-order valence-corrected chi connectivity index (χ2v) is 8.22. The molecule has 1 heterocycles. The van der Waals surface area contributed by atoms with Crippen LogP contribution in [0.5, 0.6) is 0 Å². The summed E-state index contributed by atoms with van der Waals surface area (Å²) in [5, 5.41) is 14.3. The van der Waals surface area contributed by atoms with Crippen molar-refractivity contribution in [2.45, 2.75) is 58.2 Å². The van der Waals surface area contributed by atoms with Crippen LogP contribution in [-0.4, -0.2) is 39.0 Å². The molecule has 0 radical (unpaired) electrons. The summed E-state index contributed by atoms with van der Waals surface area (Å²) in [6.07, 6.45) is 8.31. The van der Waals surface area contributed by atoms with E-state index < -0.39 is 0 Å². The van der Waals surface area contributed by atoms with Crippen molar-refractivity contribution >= 4 is 0 Å². The summed E-state index contributed by atoms with van der Waals surface area (Å²) in [6, 6.07) is 7.13. The van der Waals surface area contributed by atoms with Crippen LogP contribution in [0.3, 0.4) is 0 Å². The molecule has 2 unspecified atom stereocenters. The van der Waals surface area contributed by atoms with Crippen molar-refractivity contribution in [3.8, 4) is 5.69 Å². The molecular formula is C21H29N3O. The topological polar surface area (TPSA) is 41.3 Å². The molecule has 2 aliphatic carbocycles. The van der Waals surface area contributed by atoms with Gasteiger partial charge in [0, 0.05) is 25.0 Å². The van der Waals surface area contributed by atoms with Crippen molar-refractivity contribution in [3.05, 3.63) is 47.3 Å². The summed E-state index contributed by atoms with van der Waals surface area (Å²) in [7, 11) is 2.26. The average molecular weight is 339 g/mol. The lowest BCUT2D eigenvalue weighted by Gasteiger charge is -2.27. The normalized spacial score (nSPS) is 28.7. The summed E-state index contributed by atoms with van der Waals surface area (Å²) in [5.74, 6) is 1.46. The van der Waals surface area contributed by atoms with Crippen LogP contribution >= 0.6 is 0 Å². The van der Waals surface area contributed by atoms with Crippen LogP contribution in [0.15, 0.2) is 30.6 Å². The van der Waals surface area contributed by atoms with Gasteiger partial charge in [-0.25, -0.2) is 4.68 Å². The van der Waals surface area contributed by atoms with Gasteiger partial charge in [0.05, 0.1) is 11.8 Å². The number of aliphatic hydroxyl groups excluding tert-OH is 1. The van der Waals surface area contributed by atoms with Crippen molar-refractivity contribution in [3.63, 3.8) is 0 Å². The van der Waals surface area contributed by atoms with Crippen molar-refractivity contribution in [1.29, 1.82) is 0 Å². The Bertz CT molecular complexity index is 726. The van der Waals surface area contributed by atoms with E-state index in [1.54, 1.807) is 0 Å². The third-order valence-corrected chi connectivity index (χ3v) is 6.34. The van der Waals surface area contributed by atoms with E-state index in [1.165, 1.54) is 35.2 Å². The van der Waals surface area contributed by atoms with Gasteiger partial charge in [0.2, 0.25) is 0 Å². The highest BCUT2D eigenvalue weighted by Crippen LogP contribution is 2.45. The average Bonchev–Trinajstić information content (AvgIpc) is 3.25. The molecule has 4 heteroatoms. The standard InChI is InChI=1S/C21H29N3O/c1-14-7-15(2)20(21(8-14)24-6-4-5-22-24)13-23(3)18-9-16-11-19(25)12-17(16)10-18/h4-8,16-19,25H,9-13H2,1-3H3/t16-,17+,18?,19?. The number of aliphatic hydroxyl groups is 1. The predicted octanol–water partition coefficient (Wildman–Crippen LogP) is 3.47. The van der Waals surface area contributed by atoms with Gasteiger partial charge in [-0.05, 0) is 87.2 Å². The zero-order chi connectivity index (χ0) is 17.6. The van der Waals surface area contributed by atoms with Gasteiger partial charge >= 0.3 is 0 Å². The molecule has 1 aromatic heterocycles. The molecule has 134 valence electrons. The summed E-state index contributed by atoms with van der Waals surface area (Å²) in [6.45, 7) is 5.31. The Morgan fingerprint density at radius 1 is 1.16 bits per heavy atom. The van der Waals surface area contributed by atoms with Gasteiger partial charge in [0.25, 0.3) is 0 Å². The Morgan fingerprint density at radius 2 is 1.88 bits per heavy atom. The van der Waals surface area contributed by atoms with Crippen LogP contribution < -0.4 is 0 Å². The molecule has 2 aromatic rings. The number of hydrogen-bond acceptors (Lipinski definition) is 3. The highest BCUT2D eigenvalue weighted by molar-refractivity contribution is 5.48. The second kappa shape index (κ2) is 6.58. The van der Waals surface area contributed by atoms with E-state index in [-0.39, 0.29) is 6.10 Å². The molecule has 1 aromatic carbocycles. The lowest BCUT2D eigenvalue weighted by molar-refractivity contribution is 0.158. The smallest absolute Gasteiger partial charge is 0.0695 e. The first-order chi connectivity index (χ1) is 12.0. The summed E-state index contributed by atoms with van der Waals surface area (Å²) in [5.41, 5.74) is 5.18. The quantitative estimate of drug-likeness (QED) is 0.927. The molecule has 25 heavy (non-hydrogen) atoms. The molecule has 0 amide bonds. The Hall–Kier alpha value is -1.65. The maximum Gasteiger partial charge on any atom is 0.0695 e. The first kappa shape index (κ1) is 16.8. The van der Waals surface area contributed by atoms with E-state index in [4.69, 9.17) is 0 Å². The number of fused-ring (bicyclic) bond motifs is 1. The number of aryl methyl sites for hydroxylation is 2. The Balaban J connectivity index is 1.55. The summed E-state index contributed by atoms with van der Waals surface area (Å²) >= 11 is 0. The molecule has 0 aliphatic heterocycles. The van der Waals surface area contributed by atoms with Crippen LogP contribution in [0.2, 0.25) is 0 Å². The van der Waals surface area contributed by atoms with E-state index in [0.717, 1.165) is 31.2 Å². The van der Waals surface area contributed by atoms with Gasteiger partial charge < -0.3 is 5.11 Å². The zero-order valence-corrected chi connectivity index (χ0v) is 15.5. The highest BCUT2D eigenvalue weighted by Gasteiger charge is 2.42. The number of benzene rings is 1. The van der Waals surface area contributed by atoms with Crippen molar-refractivity contribution < 1.29 is 5.11 Å². The zero-order valence-electron chi connectivity index (χ0n) is 15.5. The van der Waals surface area contributed by atoms with Gasteiger partial charge in [-0.15, -0.1) is 0 Å². The maximum absolute atomic E-state index is 9.88. The van der Waals surface area contributed by atoms with Crippen molar-refractivity contribution in [2.24, 2.45) is 11.8 Å². The third kappa shape index (κ3) is 3.25. The maximum atomic E-state index is 9.88. The SMILES string of the molecule is Cc1cc(C)c(CN(C)C2C[C@H]3CC(O)C[C@H]3C2)c(-n2cccn2)c1. The Labute approximate surface area is 150 Å². The van der Waals surface area contributed by atoms with Crippen LogP contribution in [0.25, 0.3) is 5.69 Å². The molecule has 2 fully saturated rings. The molecule has 4 rings (SSSR count). The minimum Gasteiger partial charge on any atom is -0.393 e. The monoisotopic (exact) mass is 339 g/mol. The highest BCUT2D eigenvalue weighted by atomic mass is 16.3. The molecule has 0 saturated heterocycles.